The number of hydrogen-bond donors (Lipinski definition) is 0. The Hall–Kier alpha value is -1.32. The van der Waals surface area contributed by atoms with Gasteiger partial charge in [0.05, 0.1) is 11.8 Å². The van der Waals surface area contributed by atoms with Crippen LogP contribution in [0.5, 0.6) is 0 Å². The van der Waals surface area contributed by atoms with Gasteiger partial charge in [-0.25, -0.2) is 0 Å². The van der Waals surface area contributed by atoms with Gasteiger partial charge in [-0.05, 0) is 76.0 Å². The van der Waals surface area contributed by atoms with Crippen LogP contribution in [0.1, 0.15) is 83.5 Å². The second-order valence-corrected chi connectivity index (χ2v) is 8.94. The van der Waals surface area contributed by atoms with E-state index in [0.717, 1.165) is 64.2 Å². The van der Waals surface area contributed by atoms with E-state index < -0.39 is 5.41 Å². The molecule has 0 aliphatic heterocycles. The van der Waals surface area contributed by atoms with Gasteiger partial charge in [0.2, 0.25) is 0 Å². The molecule has 0 heterocycles. The van der Waals surface area contributed by atoms with E-state index in [-0.39, 0.29) is 36.5 Å². The Labute approximate surface area is 156 Å². The minimum atomic E-state index is -0.678. The van der Waals surface area contributed by atoms with Crippen LogP contribution in [0.4, 0.5) is 0 Å². The first-order valence-corrected chi connectivity index (χ1v) is 10.7. The number of allylic oxidation sites excluding steroid dienone is 2. The zero-order valence-electron chi connectivity index (χ0n) is 15.8. The number of esters is 2. The average Bonchev–Trinajstić information content (AvgIpc) is 3.25. The van der Waals surface area contributed by atoms with Crippen LogP contribution >= 0.6 is 0 Å². The number of carbonyl (C=O) groups excluding carboxylic acids is 2. The first-order valence-electron chi connectivity index (χ1n) is 10.7. The second-order valence-electron chi connectivity index (χ2n) is 8.94. The summed E-state index contributed by atoms with van der Waals surface area (Å²) in [7, 11) is 0. The molecule has 3 unspecified atom stereocenters. The van der Waals surface area contributed by atoms with Crippen molar-refractivity contribution in [1.29, 1.82) is 0 Å². The molecule has 2 bridgehead atoms. The zero-order valence-corrected chi connectivity index (χ0v) is 15.8. The van der Waals surface area contributed by atoms with E-state index >= 15 is 0 Å². The molecule has 0 saturated heterocycles. The molecular formula is C22H32O4. The summed E-state index contributed by atoms with van der Waals surface area (Å²) in [4.78, 5) is 25.9. The van der Waals surface area contributed by atoms with E-state index in [1.807, 2.05) is 0 Å². The van der Waals surface area contributed by atoms with Crippen LogP contribution in [-0.4, -0.2) is 24.1 Å². The fraction of sp³-hybridized carbons (Fsp3) is 0.818. The first-order chi connectivity index (χ1) is 12.7. The van der Waals surface area contributed by atoms with Gasteiger partial charge in [-0.2, -0.15) is 0 Å². The Bertz CT molecular complexity index is 556. The molecule has 3 fully saturated rings. The topological polar surface area (TPSA) is 52.6 Å². The van der Waals surface area contributed by atoms with Crippen molar-refractivity contribution in [3.8, 4) is 0 Å². The molecule has 4 rings (SSSR count). The van der Waals surface area contributed by atoms with E-state index in [1.165, 1.54) is 12.8 Å². The number of fused-ring (bicyclic) bond motifs is 2. The highest BCUT2D eigenvalue weighted by atomic mass is 16.6. The Balaban J connectivity index is 1.42. The van der Waals surface area contributed by atoms with Crippen LogP contribution in [-0.2, 0) is 19.1 Å². The quantitative estimate of drug-likeness (QED) is 0.526. The molecule has 4 aliphatic carbocycles. The van der Waals surface area contributed by atoms with E-state index in [4.69, 9.17) is 9.47 Å². The molecule has 4 nitrogen and oxygen atoms in total. The number of ether oxygens (including phenoxy) is 2. The monoisotopic (exact) mass is 360 g/mol. The summed E-state index contributed by atoms with van der Waals surface area (Å²) in [5.74, 6) is 0.226. The molecule has 0 aromatic carbocycles. The van der Waals surface area contributed by atoms with E-state index in [9.17, 15) is 9.59 Å². The van der Waals surface area contributed by atoms with Crippen molar-refractivity contribution in [2.24, 2.45) is 17.3 Å². The van der Waals surface area contributed by atoms with Crippen molar-refractivity contribution < 1.29 is 19.1 Å². The van der Waals surface area contributed by atoms with Gasteiger partial charge in [0, 0.05) is 0 Å². The van der Waals surface area contributed by atoms with E-state index in [0.29, 0.717) is 5.92 Å². The van der Waals surface area contributed by atoms with Crippen LogP contribution in [0.3, 0.4) is 0 Å². The minimum absolute atomic E-state index is 0.0468. The lowest BCUT2D eigenvalue weighted by Gasteiger charge is -2.35. The van der Waals surface area contributed by atoms with Crippen LogP contribution in [0.2, 0.25) is 0 Å². The Morgan fingerprint density at radius 1 is 0.846 bits per heavy atom. The summed E-state index contributed by atoms with van der Waals surface area (Å²) in [5, 5.41) is 0. The van der Waals surface area contributed by atoms with Gasteiger partial charge in [0.25, 0.3) is 0 Å². The van der Waals surface area contributed by atoms with Crippen molar-refractivity contribution in [1.82, 2.24) is 0 Å². The average molecular weight is 360 g/mol. The summed E-state index contributed by atoms with van der Waals surface area (Å²) in [6.45, 7) is 0. The Morgan fingerprint density at radius 3 is 2.00 bits per heavy atom. The van der Waals surface area contributed by atoms with Crippen molar-refractivity contribution in [2.75, 3.05) is 0 Å². The smallest absolute Gasteiger partial charge is 0.313 e. The van der Waals surface area contributed by atoms with Gasteiger partial charge < -0.3 is 9.47 Å². The summed E-state index contributed by atoms with van der Waals surface area (Å²) >= 11 is 0. The lowest BCUT2D eigenvalue weighted by atomic mass is 9.73. The highest BCUT2D eigenvalue weighted by molar-refractivity contribution is 5.85. The van der Waals surface area contributed by atoms with Gasteiger partial charge >= 0.3 is 11.9 Å². The highest BCUT2D eigenvalue weighted by Gasteiger charge is 2.56. The van der Waals surface area contributed by atoms with Gasteiger partial charge in [-0.1, -0.05) is 25.0 Å². The molecule has 4 heteroatoms. The summed E-state index contributed by atoms with van der Waals surface area (Å²) in [6.07, 6.45) is 17.3. The van der Waals surface area contributed by atoms with Gasteiger partial charge in [-0.3, -0.25) is 9.59 Å². The van der Waals surface area contributed by atoms with Crippen LogP contribution < -0.4 is 0 Å². The lowest BCUT2D eigenvalue weighted by molar-refractivity contribution is -0.172. The molecule has 0 aromatic rings. The van der Waals surface area contributed by atoms with Gasteiger partial charge in [0.1, 0.15) is 12.2 Å². The molecule has 0 N–H and O–H groups in total. The Morgan fingerprint density at radius 2 is 1.46 bits per heavy atom. The number of carbonyl (C=O) groups is 2. The minimum Gasteiger partial charge on any atom is -0.462 e. The standard InChI is InChI=1S/C22H32O4/c23-20(25-18-7-3-1-4-8-18)15-22(14-16-11-12-17(22)13-16)21(24)26-19-9-5-2-6-10-19/h11-12,16-19H,1-10,13-15H2. The molecule has 0 aromatic heterocycles. The molecule has 144 valence electrons. The third kappa shape index (κ3) is 3.70. The molecule has 0 radical (unpaired) electrons. The zero-order chi connectivity index (χ0) is 18.0. The molecule has 3 atom stereocenters. The fourth-order valence-electron chi connectivity index (χ4n) is 5.58. The van der Waals surface area contributed by atoms with Gasteiger partial charge in [-0.15, -0.1) is 0 Å². The molecule has 0 spiro atoms. The lowest BCUT2D eigenvalue weighted by Crippen LogP contribution is -2.41. The van der Waals surface area contributed by atoms with Crippen molar-refractivity contribution >= 4 is 11.9 Å². The van der Waals surface area contributed by atoms with Crippen LogP contribution in [0.15, 0.2) is 12.2 Å². The molecule has 26 heavy (non-hydrogen) atoms. The van der Waals surface area contributed by atoms with Crippen LogP contribution in [0, 0.1) is 17.3 Å². The van der Waals surface area contributed by atoms with E-state index in [1.54, 1.807) is 0 Å². The maximum atomic E-state index is 13.2. The number of hydrogen-bond acceptors (Lipinski definition) is 4. The maximum absolute atomic E-state index is 13.2. The van der Waals surface area contributed by atoms with Crippen molar-refractivity contribution in [3.63, 3.8) is 0 Å². The SMILES string of the molecule is O=C(CC1(C(=O)OC2CCCCC2)CC2C=CC1C2)OC1CCCCC1. The summed E-state index contributed by atoms with van der Waals surface area (Å²) in [5.41, 5.74) is -0.678. The van der Waals surface area contributed by atoms with Gasteiger partial charge in [0.15, 0.2) is 0 Å². The fourth-order valence-corrected chi connectivity index (χ4v) is 5.58. The third-order valence-corrected chi connectivity index (χ3v) is 7.05. The Kier molecular flexibility index (Phi) is 5.37. The molecule has 4 aliphatic rings. The molecular weight excluding hydrogens is 328 g/mol. The largest absolute Gasteiger partial charge is 0.462 e. The predicted molar refractivity (Wildman–Crippen MR) is 98.3 cm³/mol. The number of rotatable bonds is 5. The second kappa shape index (κ2) is 7.74. The predicted octanol–water partition coefficient (Wildman–Crippen LogP) is 4.71. The normalized spacial score (nSPS) is 34.8. The third-order valence-electron chi connectivity index (χ3n) is 7.05. The van der Waals surface area contributed by atoms with E-state index in [2.05, 4.69) is 12.2 Å². The molecule has 3 saturated carbocycles. The van der Waals surface area contributed by atoms with Crippen molar-refractivity contribution in [2.45, 2.75) is 95.7 Å². The summed E-state index contributed by atoms with van der Waals surface area (Å²) < 4.78 is 11.7. The highest BCUT2D eigenvalue weighted by Crippen LogP contribution is 2.55. The summed E-state index contributed by atoms with van der Waals surface area (Å²) in [6, 6.07) is 0. The molecule has 0 amide bonds. The maximum Gasteiger partial charge on any atom is 0.313 e. The first kappa shape index (κ1) is 18.1. The van der Waals surface area contributed by atoms with Crippen molar-refractivity contribution in [3.05, 3.63) is 12.2 Å². The van der Waals surface area contributed by atoms with Crippen LogP contribution in [0.25, 0.3) is 0 Å².